The van der Waals surface area contributed by atoms with Gasteiger partial charge in [-0.25, -0.2) is 12.4 Å². The molecule has 0 aliphatic heterocycles. The van der Waals surface area contributed by atoms with E-state index in [9.17, 15) is 18.3 Å². The maximum Gasteiger partial charge on any atom is 0.315 e. The first-order valence-corrected chi connectivity index (χ1v) is 11.2. The summed E-state index contributed by atoms with van der Waals surface area (Å²) in [6.07, 6.45) is 3.95. The highest BCUT2D eigenvalue weighted by Gasteiger charge is 2.51. The number of benzene rings is 1. The van der Waals surface area contributed by atoms with Gasteiger partial charge in [-0.05, 0) is 57.2 Å². The molecule has 3 unspecified atom stereocenters. The lowest BCUT2D eigenvalue weighted by atomic mass is 9.69. The predicted molar refractivity (Wildman–Crippen MR) is 110 cm³/mol. The van der Waals surface area contributed by atoms with Gasteiger partial charge in [0.15, 0.2) is 0 Å². The molecule has 1 aliphatic carbocycles. The molecular formula is C22H27NO5S. The third-order valence-corrected chi connectivity index (χ3v) is 7.47. The van der Waals surface area contributed by atoms with Crippen molar-refractivity contribution in [2.45, 2.75) is 44.1 Å². The van der Waals surface area contributed by atoms with Crippen molar-refractivity contribution in [3.63, 3.8) is 0 Å². The molecule has 6 nitrogen and oxygen atoms in total. The van der Waals surface area contributed by atoms with E-state index in [4.69, 9.17) is 4.74 Å². The van der Waals surface area contributed by atoms with Crippen molar-refractivity contribution in [1.82, 2.24) is 3.97 Å². The average molecular weight is 418 g/mol. The molecule has 1 aliphatic rings. The molecule has 0 amide bonds. The largest absolute Gasteiger partial charge is 0.465 e. The van der Waals surface area contributed by atoms with Gasteiger partial charge in [0.2, 0.25) is 0 Å². The van der Waals surface area contributed by atoms with Crippen molar-refractivity contribution in [3.8, 4) is 0 Å². The van der Waals surface area contributed by atoms with Crippen LogP contribution in [0.3, 0.4) is 0 Å². The highest BCUT2D eigenvalue weighted by Crippen LogP contribution is 2.50. The van der Waals surface area contributed by atoms with E-state index in [0.717, 1.165) is 28.8 Å². The minimum atomic E-state index is -3.79. The number of aliphatic hydroxyl groups is 1. The van der Waals surface area contributed by atoms with Gasteiger partial charge in [-0.2, -0.15) is 0 Å². The normalized spacial score (nSPS) is 20.2. The third kappa shape index (κ3) is 3.76. The number of hydrogen-bond donors (Lipinski definition) is 1. The fraction of sp³-hybridized carbons (Fsp3) is 0.409. The summed E-state index contributed by atoms with van der Waals surface area (Å²) < 4.78 is 32.0. The molecule has 0 bridgehead atoms. The van der Waals surface area contributed by atoms with Crippen LogP contribution in [0.25, 0.3) is 0 Å². The van der Waals surface area contributed by atoms with Crippen molar-refractivity contribution in [2.75, 3.05) is 6.61 Å². The second-order valence-electron chi connectivity index (χ2n) is 7.60. The standard InChI is InChI=1S/C22H27NO5S/c1-4-28-21(25)22(3,19-12-8-9-16(19)2)20(24)17-13-14-23(15-17)29(26,27)18-10-6-5-7-11-18/h5-7,10-11,13-15,19-20,24H,2,4,8-9,12H2,1,3H3. The second kappa shape index (κ2) is 8.16. The van der Waals surface area contributed by atoms with E-state index in [1.165, 1.54) is 30.6 Å². The summed E-state index contributed by atoms with van der Waals surface area (Å²) >= 11 is 0. The number of esters is 1. The molecule has 2 aromatic rings. The Hall–Kier alpha value is -2.38. The molecule has 1 saturated carbocycles. The molecule has 1 heterocycles. The van der Waals surface area contributed by atoms with Gasteiger partial charge in [0.1, 0.15) is 5.41 Å². The second-order valence-corrected chi connectivity index (χ2v) is 9.44. The summed E-state index contributed by atoms with van der Waals surface area (Å²) in [6, 6.07) is 9.59. The Labute approximate surface area is 171 Å². The van der Waals surface area contributed by atoms with Crippen LogP contribution in [0.15, 0.2) is 65.8 Å². The van der Waals surface area contributed by atoms with Crippen LogP contribution in [0.1, 0.15) is 44.8 Å². The zero-order chi connectivity index (χ0) is 21.2. The maximum atomic E-state index is 12.9. The first-order valence-electron chi connectivity index (χ1n) is 9.74. The fourth-order valence-corrected chi connectivity index (χ4v) is 5.36. The number of aliphatic hydroxyl groups excluding tert-OH is 1. The van der Waals surface area contributed by atoms with Crippen LogP contribution in [0.5, 0.6) is 0 Å². The van der Waals surface area contributed by atoms with Gasteiger partial charge < -0.3 is 9.84 Å². The van der Waals surface area contributed by atoms with Crippen LogP contribution < -0.4 is 0 Å². The van der Waals surface area contributed by atoms with E-state index in [-0.39, 0.29) is 17.4 Å². The van der Waals surface area contributed by atoms with Crippen molar-refractivity contribution in [2.24, 2.45) is 11.3 Å². The molecule has 29 heavy (non-hydrogen) atoms. The van der Waals surface area contributed by atoms with Gasteiger partial charge in [0.25, 0.3) is 10.0 Å². The lowest BCUT2D eigenvalue weighted by Gasteiger charge is -2.37. The summed E-state index contributed by atoms with van der Waals surface area (Å²) in [7, 11) is -3.79. The van der Waals surface area contributed by atoms with Gasteiger partial charge >= 0.3 is 5.97 Å². The molecule has 7 heteroatoms. The minimum absolute atomic E-state index is 0.147. The number of ether oxygens (including phenoxy) is 1. The Balaban J connectivity index is 1.98. The Morgan fingerprint density at radius 2 is 2.03 bits per heavy atom. The van der Waals surface area contributed by atoms with E-state index in [1.54, 1.807) is 32.0 Å². The van der Waals surface area contributed by atoms with E-state index < -0.39 is 27.5 Å². The highest BCUT2D eigenvalue weighted by molar-refractivity contribution is 7.90. The van der Waals surface area contributed by atoms with Crippen LogP contribution in [0.2, 0.25) is 0 Å². The van der Waals surface area contributed by atoms with Gasteiger partial charge in [0.05, 0.1) is 17.6 Å². The van der Waals surface area contributed by atoms with Crippen molar-refractivity contribution >= 4 is 16.0 Å². The Kier molecular flexibility index (Phi) is 6.00. The number of aromatic nitrogens is 1. The van der Waals surface area contributed by atoms with E-state index in [1.807, 2.05) is 0 Å². The number of carbonyl (C=O) groups excluding carboxylic acids is 1. The van der Waals surface area contributed by atoms with Gasteiger partial charge in [0, 0.05) is 18.0 Å². The smallest absolute Gasteiger partial charge is 0.315 e. The van der Waals surface area contributed by atoms with E-state index >= 15 is 0 Å². The van der Waals surface area contributed by atoms with Crippen molar-refractivity contribution in [1.29, 1.82) is 0 Å². The summed E-state index contributed by atoms with van der Waals surface area (Å²) in [4.78, 5) is 13.0. The number of allylic oxidation sites excluding steroid dienone is 1. The van der Waals surface area contributed by atoms with E-state index in [2.05, 4.69) is 6.58 Å². The molecule has 1 aromatic heterocycles. The lowest BCUT2D eigenvalue weighted by molar-refractivity contribution is -0.166. The molecule has 0 radical (unpaired) electrons. The van der Waals surface area contributed by atoms with Crippen LogP contribution in [-0.4, -0.2) is 30.1 Å². The van der Waals surface area contributed by atoms with Crippen LogP contribution in [-0.2, 0) is 19.6 Å². The molecule has 0 spiro atoms. The van der Waals surface area contributed by atoms with Crippen LogP contribution >= 0.6 is 0 Å². The summed E-state index contributed by atoms with van der Waals surface area (Å²) in [6.45, 7) is 7.68. The summed E-state index contributed by atoms with van der Waals surface area (Å²) in [5, 5.41) is 11.2. The van der Waals surface area contributed by atoms with Crippen LogP contribution in [0.4, 0.5) is 0 Å². The average Bonchev–Trinajstić information content (AvgIpc) is 3.37. The lowest BCUT2D eigenvalue weighted by Crippen LogP contribution is -2.42. The fourth-order valence-electron chi connectivity index (χ4n) is 4.13. The van der Waals surface area contributed by atoms with Gasteiger partial charge in [-0.3, -0.25) is 4.79 Å². The summed E-state index contributed by atoms with van der Waals surface area (Å²) in [5.74, 6) is -0.732. The Bertz CT molecular complexity index is 995. The number of nitrogens with zero attached hydrogens (tertiary/aromatic N) is 1. The highest BCUT2D eigenvalue weighted by atomic mass is 32.2. The monoisotopic (exact) mass is 417 g/mol. The number of hydrogen-bond acceptors (Lipinski definition) is 5. The maximum absolute atomic E-state index is 12.9. The van der Waals surface area contributed by atoms with Crippen molar-refractivity contribution < 1.29 is 23.1 Å². The SMILES string of the molecule is C=C1CCCC1C(C)(C(=O)OCC)C(O)c1ccn(S(=O)(=O)c2ccccc2)c1. The predicted octanol–water partition coefficient (Wildman–Crippen LogP) is 3.68. The Morgan fingerprint density at radius 1 is 1.34 bits per heavy atom. The molecule has 1 fully saturated rings. The summed E-state index contributed by atoms with van der Waals surface area (Å²) in [5.41, 5.74) is 0.0161. The molecule has 3 rings (SSSR count). The first-order chi connectivity index (χ1) is 13.7. The minimum Gasteiger partial charge on any atom is -0.465 e. The van der Waals surface area contributed by atoms with Gasteiger partial charge in [-0.1, -0.05) is 30.4 Å². The van der Waals surface area contributed by atoms with Crippen LogP contribution in [0, 0.1) is 11.3 Å². The zero-order valence-electron chi connectivity index (χ0n) is 16.7. The number of carbonyl (C=O) groups is 1. The topological polar surface area (TPSA) is 85.6 Å². The van der Waals surface area contributed by atoms with Gasteiger partial charge in [-0.15, -0.1) is 0 Å². The van der Waals surface area contributed by atoms with E-state index in [0.29, 0.717) is 5.56 Å². The molecule has 0 saturated heterocycles. The molecule has 156 valence electrons. The quantitative estimate of drug-likeness (QED) is 0.549. The first kappa shape index (κ1) is 21.3. The van der Waals surface area contributed by atoms with Crippen molar-refractivity contribution in [3.05, 3.63) is 66.5 Å². The number of rotatable bonds is 7. The third-order valence-electron chi connectivity index (χ3n) is 5.82. The Morgan fingerprint density at radius 3 is 2.62 bits per heavy atom. The molecule has 1 aromatic carbocycles. The molecule has 1 N–H and O–H groups in total. The zero-order valence-corrected chi connectivity index (χ0v) is 17.6. The molecular weight excluding hydrogens is 390 g/mol. The molecule has 3 atom stereocenters.